The Morgan fingerprint density at radius 2 is 2.08 bits per heavy atom. The molecule has 0 bridgehead atoms. The third-order valence-corrected chi connectivity index (χ3v) is 8.00. The van der Waals surface area contributed by atoms with Gasteiger partial charge in [-0.3, -0.25) is 9.59 Å². The highest BCUT2D eigenvalue weighted by Crippen LogP contribution is 2.29. The van der Waals surface area contributed by atoms with Crippen molar-refractivity contribution in [3.8, 4) is 11.4 Å². The third kappa shape index (κ3) is 6.32. The second kappa shape index (κ2) is 12.1. The first-order valence-electron chi connectivity index (χ1n) is 14.1. The van der Waals surface area contributed by atoms with Crippen LogP contribution >= 0.6 is 0 Å². The van der Waals surface area contributed by atoms with Gasteiger partial charge >= 0.3 is 0 Å². The van der Waals surface area contributed by atoms with Crippen LogP contribution in [0.5, 0.6) is 0 Å². The highest BCUT2D eigenvalue weighted by molar-refractivity contribution is 5.86. The molecule has 0 amide bonds. The molecule has 9 heteroatoms. The lowest BCUT2D eigenvalue weighted by Crippen LogP contribution is -2.46. The fourth-order valence-electron chi connectivity index (χ4n) is 5.50. The van der Waals surface area contributed by atoms with Gasteiger partial charge in [0.05, 0.1) is 35.9 Å². The number of nitrogens with zero attached hydrogens (tertiary/aromatic N) is 3. The number of hydrogen-bond acceptors (Lipinski definition) is 7. The standard InChI is InChI=1S/C30H40N4O5/c1-19-12-23(16-33(3)30(19)37)29-32-25-10-9-21(13-26(25)34(29)15-22-6-5-11-38-17-22)14-31-28(20(2)35)27(36)18-39-24-7-4-8-24/h9-10,12-13,16,20,22,24,28,31,35H,4-8,11,14-15,17-18H2,1-3H3/t20-,22?,28?/m1/s1. The van der Waals surface area contributed by atoms with E-state index in [2.05, 4.69) is 16.0 Å². The number of hydrogen-bond donors (Lipinski definition) is 2. The second-order valence-electron chi connectivity index (χ2n) is 11.2. The molecule has 2 N–H and O–H groups in total. The monoisotopic (exact) mass is 536 g/mol. The molecule has 2 unspecified atom stereocenters. The molecule has 1 aromatic carbocycles. The summed E-state index contributed by atoms with van der Waals surface area (Å²) in [5, 5.41) is 13.6. The predicted molar refractivity (Wildman–Crippen MR) is 150 cm³/mol. The molecular weight excluding hydrogens is 496 g/mol. The second-order valence-corrected chi connectivity index (χ2v) is 11.2. The van der Waals surface area contributed by atoms with Crippen molar-refractivity contribution in [3.63, 3.8) is 0 Å². The van der Waals surface area contributed by atoms with Gasteiger partial charge in [0.2, 0.25) is 0 Å². The zero-order chi connectivity index (χ0) is 27.5. The van der Waals surface area contributed by atoms with E-state index in [9.17, 15) is 14.7 Å². The van der Waals surface area contributed by atoms with Gasteiger partial charge in [0.25, 0.3) is 5.56 Å². The number of carbonyl (C=O) groups is 1. The molecule has 210 valence electrons. The van der Waals surface area contributed by atoms with Crippen LogP contribution < -0.4 is 10.9 Å². The molecule has 1 aliphatic heterocycles. The molecule has 3 atom stereocenters. The average molecular weight is 537 g/mol. The summed E-state index contributed by atoms with van der Waals surface area (Å²) >= 11 is 0. The van der Waals surface area contributed by atoms with E-state index in [-0.39, 0.29) is 24.1 Å². The number of aliphatic hydroxyl groups excluding tert-OH is 1. The summed E-state index contributed by atoms with van der Waals surface area (Å²) in [7, 11) is 1.77. The molecule has 2 fully saturated rings. The number of ether oxygens (including phenoxy) is 2. The van der Waals surface area contributed by atoms with E-state index in [0.717, 1.165) is 73.2 Å². The van der Waals surface area contributed by atoms with Crippen molar-refractivity contribution < 1.29 is 19.4 Å². The molecule has 1 aliphatic carbocycles. The van der Waals surface area contributed by atoms with E-state index in [4.69, 9.17) is 14.5 Å². The number of ketones is 1. The van der Waals surface area contributed by atoms with Crippen LogP contribution in [0.25, 0.3) is 22.4 Å². The number of aromatic nitrogens is 3. The highest BCUT2D eigenvalue weighted by atomic mass is 16.5. The maximum Gasteiger partial charge on any atom is 0.253 e. The topological polar surface area (TPSA) is 108 Å². The van der Waals surface area contributed by atoms with Gasteiger partial charge in [-0.25, -0.2) is 4.98 Å². The minimum absolute atomic E-state index is 0.0178. The summed E-state index contributed by atoms with van der Waals surface area (Å²) in [6.07, 6.45) is 6.47. The van der Waals surface area contributed by atoms with Gasteiger partial charge in [-0.05, 0) is 69.7 Å². The Balaban J connectivity index is 1.42. The number of imidazole rings is 1. The Morgan fingerprint density at radius 1 is 1.26 bits per heavy atom. The normalized spacial score (nSPS) is 19.6. The molecule has 2 aliphatic rings. The quantitative estimate of drug-likeness (QED) is 0.388. The van der Waals surface area contributed by atoms with Crippen LogP contribution in [0.3, 0.4) is 0 Å². The van der Waals surface area contributed by atoms with Gasteiger partial charge in [-0.1, -0.05) is 6.07 Å². The van der Waals surface area contributed by atoms with Crippen molar-refractivity contribution in [1.82, 2.24) is 19.4 Å². The maximum absolute atomic E-state index is 12.8. The molecule has 39 heavy (non-hydrogen) atoms. The van der Waals surface area contributed by atoms with Crippen LogP contribution in [-0.4, -0.2) is 63.1 Å². The molecular formula is C30H40N4O5. The first-order valence-corrected chi connectivity index (χ1v) is 14.1. The zero-order valence-electron chi connectivity index (χ0n) is 23.2. The molecule has 1 saturated heterocycles. The van der Waals surface area contributed by atoms with E-state index in [0.29, 0.717) is 24.6 Å². The van der Waals surface area contributed by atoms with E-state index in [1.54, 1.807) is 18.5 Å². The van der Waals surface area contributed by atoms with Crippen molar-refractivity contribution in [2.75, 3.05) is 19.8 Å². The Bertz CT molecular complexity index is 1340. The number of benzene rings is 1. The average Bonchev–Trinajstić information content (AvgIpc) is 3.24. The highest BCUT2D eigenvalue weighted by Gasteiger charge is 2.26. The summed E-state index contributed by atoms with van der Waals surface area (Å²) in [6, 6.07) is 7.31. The van der Waals surface area contributed by atoms with Crippen LogP contribution in [0.2, 0.25) is 0 Å². The van der Waals surface area contributed by atoms with Gasteiger partial charge in [0, 0.05) is 50.0 Å². The molecule has 1 saturated carbocycles. The van der Waals surface area contributed by atoms with Crippen molar-refractivity contribution in [3.05, 3.63) is 51.9 Å². The summed E-state index contributed by atoms with van der Waals surface area (Å²) in [5.41, 5.74) is 4.41. The fraction of sp³-hybridized carbons (Fsp3) is 0.567. The summed E-state index contributed by atoms with van der Waals surface area (Å²) in [6.45, 7) is 6.18. The van der Waals surface area contributed by atoms with Crippen LogP contribution in [0.1, 0.15) is 50.2 Å². The van der Waals surface area contributed by atoms with Crippen molar-refractivity contribution in [2.24, 2.45) is 13.0 Å². The van der Waals surface area contributed by atoms with E-state index < -0.39 is 12.1 Å². The smallest absolute Gasteiger partial charge is 0.253 e. The summed E-state index contributed by atoms with van der Waals surface area (Å²) in [5.74, 6) is 1.07. The molecule has 9 nitrogen and oxygen atoms in total. The van der Waals surface area contributed by atoms with Crippen LogP contribution in [0.4, 0.5) is 0 Å². The van der Waals surface area contributed by atoms with Crippen LogP contribution in [-0.2, 0) is 34.4 Å². The Morgan fingerprint density at radius 3 is 2.74 bits per heavy atom. The summed E-state index contributed by atoms with van der Waals surface area (Å²) < 4.78 is 15.3. The number of carbonyl (C=O) groups excluding carboxylic acids is 1. The number of aliphatic hydroxyl groups is 1. The predicted octanol–water partition coefficient (Wildman–Crippen LogP) is 3.11. The van der Waals surface area contributed by atoms with Gasteiger partial charge in [-0.2, -0.15) is 0 Å². The Hall–Kier alpha value is -2.85. The van der Waals surface area contributed by atoms with Crippen molar-refractivity contribution >= 4 is 16.8 Å². The molecule has 0 radical (unpaired) electrons. The van der Waals surface area contributed by atoms with Gasteiger partial charge in [-0.15, -0.1) is 0 Å². The summed E-state index contributed by atoms with van der Waals surface area (Å²) in [4.78, 5) is 30.1. The van der Waals surface area contributed by atoms with Crippen molar-refractivity contribution in [1.29, 1.82) is 0 Å². The fourth-order valence-corrected chi connectivity index (χ4v) is 5.50. The van der Waals surface area contributed by atoms with Crippen molar-refractivity contribution in [2.45, 2.75) is 77.3 Å². The van der Waals surface area contributed by atoms with Crippen LogP contribution in [0.15, 0.2) is 35.3 Å². The minimum Gasteiger partial charge on any atom is -0.391 e. The van der Waals surface area contributed by atoms with Gasteiger partial charge < -0.3 is 29.0 Å². The molecule has 2 aromatic heterocycles. The first-order chi connectivity index (χ1) is 18.8. The third-order valence-electron chi connectivity index (χ3n) is 8.00. The number of fused-ring (bicyclic) bond motifs is 1. The lowest BCUT2D eigenvalue weighted by atomic mass is 9.96. The molecule has 3 heterocycles. The van der Waals surface area contributed by atoms with E-state index in [1.165, 1.54) is 0 Å². The maximum atomic E-state index is 12.8. The zero-order valence-corrected chi connectivity index (χ0v) is 23.2. The number of nitrogens with one attached hydrogen (secondary N) is 1. The van der Waals surface area contributed by atoms with Crippen LogP contribution in [0, 0.1) is 12.8 Å². The lowest BCUT2D eigenvalue weighted by molar-refractivity contribution is -0.131. The van der Waals surface area contributed by atoms with Gasteiger partial charge in [0.1, 0.15) is 12.4 Å². The Kier molecular flexibility index (Phi) is 8.61. The van der Waals surface area contributed by atoms with Gasteiger partial charge in [0.15, 0.2) is 5.78 Å². The van der Waals surface area contributed by atoms with E-state index in [1.807, 2.05) is 31.3 Å². The Labute approximate surface area is 229 Å². The molecule has 0 spiro atoms. The number of Topliss-reactive ketones (excluding diaryl/α,β-unsaturated/α-hetero) is 1. The van der Waals surface area contributed by atoms with E-state index >= 15 is 0 Å². The lowest BCUT2D eigenvalue weighted by Gasteiger charge is -2.27. The SMILES string of the molecule is Cc1cc(-c2nc3ccc(CNC(C(=O)COC4CCC4)[C@@H](C)O)cc3n2CC2CCCOC2)cn(C)c1=O. The molecule has 3 aromatic rings. The molecule has 5 rings (SSSR count). The number of rotatable bonds is 11. The number of pyridine rings is 1. The largest absolute Gasteiger partial charge is 0.391 e. The number of aryl methyl sites for hydroxylation is 2. The minimum atomic E-state index is -0.831. The first kappa shape index (κ1) is 27.7.